The third kappa shape index (κ3) is 1.45. The molecule has 1 N–H and O–H groups in total. The number of aromatic nitrogens is 2. The van der Waals surface area contributed by atoms with Crippen LogP contribution < -0.4 is 10.9 Å². The van der Waals surface area contributed by atoms with Crippen molar-refractivity contribution >= 4 is 43.9 Å². The predicted octanol–water partition coefficient (Wildman–Crippen LogP) is 3.63. The number of nitrogens with zero attached hydrogens (tertiary/aromatic N) is 2. The van der Waals surface area contributed by atoms with Crippen LogP contribution in [0, 0.1) is 0 Å². The van der Waals surface area contributed by atoms with Crippen molar-refractivity contribution in [2.24, 2.45) is 0 Å². The summed E-state index contributed by atoms with van der Waals surface area (Å²) in [6, 6.07) is 17.7. The number of pyridine rings is 1. The maximum atomic E-state index is 13.1. The third-order valence-electron chi connectivity index (χ3n) is 4.55. The molecule has 0 radical (unpaired) electrons. The number of para-hydroxylation sites is 2. The molecule has 0 amide bonds. The first kappa shape index (κ1) is 12.4. The summed E-state index contributed by atoms with van der Waals surface area (Å²) in [5.74, 6) is 0. The van der Waals surface area contributed by atoms with Gasteiger partial charge >= 0.3 is 0 Å². The van der Waals surface area contributed by atoms with E-state index in [1.165, 1.54) is 0 Å². The van der Waals surface area contributed by atoms with Crippen LogP contribution in [0.15, 0.2) is 59.4 Å². The Balaban J connectivity index is 2.19. The molecule has 0 spiro atoms. The van der Waals surface area contributed by atoms with Gasteiger partial charge in [0.15, 0.2) is 0 Å². The van der Waals surface area contributed by atoms with E-state index < -0.39 is 0 Å². The Morgan fingerprint density at radius 2 is 1.74 bits per heavy atom. The molecular formula is C19H13N3O. The van der Waals surface area contributed by atoms with E-state index in [0.29, 0.717) is 0 Å². The van der Waals surface area contributed by atoms with E-state index in [2.05, 4.69) is 5.32 Å². The lowest BCUT2D eigenvalue weighted by molar-refractivity contribution is 1.19. The lowest BCUT2D eigenvalue weighted by atomic mass is 10.0. The van der Waals surface area contributed by atoms with Crippen molar-refractivity contribution in [1.82, 2.24) is 9.38 Å². The molecule has 0 bridgehead atoms. The van der Waals surface area contributed by atoms with E-state index in [9.17, 15) is 4.79 Å². The zero-order chi connectivity index (χ0) is 15.6. The molecule has 0 aliphatic carbocycles. The summed E-state index contributed by atoms with van der Waals surface area (Å²) < 4.78 is 1.73. The van der Waals surface area contributed by atoms with E-state index in [-0.39, 0.29) is 5.56 Å². The van der Waals surface area contributed by atoms with Gasteiger partial charge in [-0.1, -0.05) is 24.3 Å². The highest BCUT2D eigenvalue weighted by Gasteiger charge is 2.16. The highest BCUT2D eigenvalue weighted by atomic mass is 16.1. The maximum absolute atomic E-state index is 13.1. The van der Waals surface area contributed by atoms with E-state index in [0.717, 1.165) is 43.9 Å². The second-order valence-corrected chi connectivity index (χ2v) is 5.70. The number of nitrogens with one attached hydrogen (secondary N) is 1. The normalized spacial score (nSPS) is 11.9. The van der Waals surface area contributed by atoms with Crippen LogP contribution in [0.4, 0.5) is 5.69 Å². The Hall–Kier alpha value is -3.14. The summed E-state index contributed by atoms with van der Waals surface area (Å²) in [6.07, 6.45) is 0. The molecule has 0 saturated carbocycles. The number of hydrogen-bond acceptors (Lipinski definition) is 3. The van der Waals surface area contributed by atoms with E-state index in [4.69, 9.17) is 4.98 Å². The van der Waals surface area contributed by atoms with Crippen LogP contribution in [0.1, 0.15) is 0 Å². The number of imidazole rings is 1. The maximum Gasteiger partial charge on any atom is 0.264 e. The SMILES string of the molecule is CNc1ccc2c3c1cccc3c(=O)n1c3ccccc3nc21. The van der Waals surface area contributed by atoms with Gasteiger partial charge in [0, 0.05) is 34.3 Å². The quantitative estimate of drug-likeness (QED) is 0.514. The molecule has 3 aromatic carbocycles. The topological polar surface area (TPSA) is 46.4 Å². The monoisotopic (exact) mass is 299 g/mol. The third-order valence-corrected chi connectivity index (χ3v) is 4.55. The second-order valence-electron chi connectivity index (χ2n) is 5.70. The summed E-state index contributed by atoms with van der Waals surface area (Å²) in [5, 5.41) is 6.96. The summed E-state index contributed by atoms with van der Waals surface area (Å²) in [6.45, 7) is 0. The molecule has 0 aliphatic rings. The second kappa shape index (κ2) is 4.20. The molecule has 110 valence electrons. The minimum absolute atomic E-state index is 0.0138. The average Bonchev–Trinajstić information content (AvgIpc) is 2.99. The van der Waals surface area contributed by atoms with Gasteiger partial charge in [-0.25, -0.2) is 4.98 Å². The Morgan fingerprint density at radius 3 is 2.61 bits per heavy atom. The molecule has 5 aromatic rings. The minimum Gasteiger partial charge on any atom is -0.388 e. The molecule has 23 heavy (non-hydrogen) atoms. The first-order valence-electron chi connectivity index (χ1n) is 7.55. The van der Waals surface area contributed by atoms with Gasteiger partial charge in [-0.15, -0.1) is 0 Å². The zero-order valence-corrected chi connectivity index (χ0v) is 12.5. The van der Waals surface area contributed by atoms with Gasteiger partial charge in [0.25, 0.3) is 5.56 Å². The molecular weight excluding hydrogens is 286 g/mol. The Labute approximate surface area is 131 Å². The molecule has 2 heterocycles. The number of fused-ring (bicyclic) bond motifs is 4. The molecule has 0 fully saturated rings. The van der Waals surface area contributed by atoms with Gasteiger partial charge in [0.1, 0.15) is 5.65 Å². The smallest absolute Gasteiger partial charge is 0.264 e. The number of anilines is 1. The largest absolute Gasteiger partial charge is 0.388 e. The molecule has 0 atom stereocenters. The van der Waals surface area contributed by atoms with Crippen molar-refractivity contribution in [3.8, 4) is 0 Å². The van der Waals surface area contributed by atoms with Crippen molar-refractivity contribution in [1.29, 1.82) is 0 Å². The fraction of sp³-hybridized carbons (Fsp3) is 0.0526. The summed E-state index contributed by atoms with van der Waals surface area (Å²) in [4.78, 5) is 17.8. The van der Waals surface area contributed by atoms with Crippen molar-refractivity contribution in [3.05, 3.63) is 65.0 Å². The van der Waals surface area contributed by atoms with Gasteiger partial charge in [0.05, 0.1) is 11.0 Å². The lowest BCUT2D eigenvalue weighted by Crippen LogP contribution is -2.13. The standard InChI is InChI=1S/C19H13N3O/c1-20-14-10-9-12-17-11(14)5-4-6-13(17)19(23)22-16-8-3-2-7-15(16)21-18(12)22/h2-10,20H,1H3. The van der Waals surface area contributed by atoms with Crippen LogP contribution in [0.25, 0.3) is 38.2 Å². The minimum atomic E-state index is -0.0138. The molecule has 4 heteroatoms. The van der Waals surface area contributed by atoms with Crippen LogP contribution in [-0.2, 0) is 0 Å². The summed E-state index contributed by atoms with van der Waals surface area (Å²) in [5.41, 5.74) is 3.42. The highest BCUT2D eigenvalue weighted by Crippen LogP contribution is 2.33. The number of benzene rings is 3. The Morgan fingerprint density at radius 1 is 0.913 bits per heavy atom. The van der Waals surface area contributed by atoms with E-state index >= 15 is 0 Å². The van der Waals surface area contributed by atoms with Gasteiger partial charge in [-0.05, 0) is 30.3 Å². The van der Waals surface area contributed by atoms with Crippen LogP contribution >= 0.6 is 0 Å². The van der Waals surface area contributed by atoms with Crippen LogP contribution in [0.3, 0.4) is 0 Å². The summed E-state index contributed by atoms with van der Waals surface area (Å²) in [7, 11) is 1.89. The lowest BCUT2D eigenvalue weighted by Gasteiger charge is -2.11. The molecule has 0 unspecified atom stereocenters. The molecule has 0 saturated heterocycles. The first-order chi connectivity index (χ1) is 11.3. The molecule has 4 nitrogen and oxygen atoms in total. The van der Waals surface area contributed by atoms with Gasteiger partial charge in [-0.2, -0.15) is 0 Å². The van der Waals surface area contributed by atoms with Crippen molar-refractivity contribution in [2.45, 2.75) is 0 Å². The average molecular weight is 299 g/mol. The summed E-state index contributed by atoms with van der Waals surface area (Å²) >= 11 is 0. The fourth-order valence-corrected chi connectivity index (χ4v) is 3.52. The van der Waals surface area contributed by atoms with Gasteiger partial charge in [0.2, 0.25) is 0 Å². The van der Waals surface area contributed by atoms with Crippen LogP contribution in [0.2, 0.25) is 0 Å². The zero-order valence-electron chi connectivity index (χ0n) is 12.5. The van der Waals surface area contributed by atoms with E-state index in [1.54, 1.807) is 4.40 Å². The molecule has 2 aromatic heterocycles. The predicted molar refractivity (Wildman–Crippen MR) is 94.7 cm³/mol. The van der Waals surface area contributed by atoms with Crippen LogP contribution in [-0.4, -0.2) is 16.4 Å². The molecule has 5 rings (SSSR count). The van der Waals surface area contributed by atoms with Gasteiger partial charge in [-0.3, -0.25) is 9.20 Å². The highest BCUT2D eigenvalue weighted by molar-refractivity contribution is 6.18. The van der Waals surface area contributed by atoms with Gasteiger partial charge < -0.3 is 5.32 Å². The van der Waals surface area contributed by atoms with Crippen molar-refractivity contribution in [3.63, 3.8) is 0 Å². The van der Waals surface area contributed by atoms with Crippen LogP contribution in [0.5, 0.6) is 0 Å². The molecule has 0 aliphatic heterocycles. The number of hydrogen-bond donors (Lipinski definition) is 1. The fourth-order valence-electron chi connectivity index (χ4n) is 3.52. The van der Waals surface area contributed by atoms with Crippen molar-refractivity contribution < 1.29 is 0 Å². The Kier molecular flexibility index (Phi) is 2.26. The Bertz CT molecular complexity index is 1270. The number of rotatable bonds is 1. The first-order valence-corrected chi connectivity index (χ1v) is 7.55. The van der Waals surface area contributed by atoms with E-state index in [1.807, 2.05) is 61.6 Å². The van der Waals surface area contributed by atoms with Crippen molar-refractivity contribution in [2.75, 3.05) is 12.4 Å².